The molecule has 0 aliphatic carbocycles. The molecule has 0 aliphatic heterocycles. The minimum atomic E-state index is -7.41. The average Bonchev–Trinajstić information content (AvgIpc) is 2.36. The van der Waals surface area contributed by atoms with Crippen molar-refractivity contribution in [2.24, 2.45) is 0 Å². The zero-order valence-electron chi connectivity index (χ0n) is 10.7. The van der Waals surface area contributed by atoms with E-state index in [0.717, 1.165) is 6.07 Å². The number of halogens is 11. The maximum absolute atomic E-state index is 13.6. The molecule has 3 N–H and O–H groups in total. The summed E-state index contributed by atoms with van der Waals surface area (Å²) in [7, 11) is 0. The first-order valence-corrected chi connectivity index (χ1v) is 5.51. The molecule has 1 aromatic rings. The summed E-state index contributed by atoms with van der Waals surface area (Å²) in [5.41, 5.74) is -0.0164. The molecule has 12 heteroatoms. The Balaban J connectivity index is 3.53. The first-order valence-electron chi connectivity index (χ1n) is 5.51. The van der Waals surface area contributed by atoms with Gasteiger partial charge in [0.05, 0.1) is 5.56 Å². The van der Waals surface area contributed by atoms with Crippen molar-refractivity contribution in [1.29, 1.82) is 0 Å². The Bertz CT molecular complexity index is 576. The fourth-order valence-corrected chi connectivity index (χ4v) is 1.57. The van der Waals surface area contributed by atoms with Crippen LogP contribution in [0, 0.1) is 0 Å². The normalized spacial score (nSPS) is 15.0. The predicted octanol–water partition coefficient (Wildman–Crippen LogP) is 4.12. The molecule has 1 aromatic carbocycles. The van der Waals surface area contributed by atoms with Gasteiger partial charge in [0.2, 0.25) is 0 Å². The van der Waals surface area contributed by atoms with Crippen molar-refractivity contribution in [3.8, 4) is 0 Å². The monoisotopic (exact) mass is 362 g/mol. The fraction of sp³-hybridized carbons (Fsp3) is 0.455. The van der Waals surface area contributed by atoms with Crippen molar-refractivity contribution in [2.75, 3.05) is 0 Å². The zero-order valence-corrected chi connectivity index (χ0v) is 10.7. The Morgan fingerprint density at radius 3 is 1.43 bits per heavy atom. The highest BCUT2D eigenvalue weighted by Crippen LogP contribution is 2.60. The largest absolute Gasteiger partial charge is 0.460 e. The number of hydrogen-bond acceptors (Lipinski definition) is 0. The van der Waals surface area contributed by atoms with Gasteiger partial charge in [0, 0.05) is 0 Å². The smallest absolute Gasteiger partial charge is 0.325 e. The Hall–Kier alpha value is -1.59. The van der Waals surface area contributed by atoms with E-state index in [-0.39, 0.29) is 6.07 Å². The van der Waals surface area contributed by atoms with Gasteiger partial charge in [0.15, 0.2) is 0 Å². The summed E-state index contributed by atoms with van der Waals surface area (Å²) in [6.45, 7) is 0. The van der Waals surface area contributed by atoms with Crippen LogP contribution >= 0.6 is 0 Å². The Morgan fingerprint density at radius 1 is 0.609 bits per heavy atom. The van der Waals surface area contributed by atoms with E-state index in [0.29, 0.717) is 12.1 Å². The van der Waals surface area contributed by atoms with Crippen LogP contribution in [0.5, 0.6) is 0 Å². The third-order valence-electron chi connectivity index (χ3n) is 2.89. The molecule has 132 valence electrons. The number of rotatable bonds is 4. The van der Waals surface area contributed by atoms with E-state index < -0.39 is 41.1 Å². The second-order valence-corrected chi connectivity index (χ2v) is 4.45. The van der Waals surface area contributed by atoms with E-state index in [9.17, 15) is 48.3 Å². The number of benzene rings is 1. The van der Waals surface area contributed by atoms with Crippen LogP contribution < -0.4 is 5.73 Å². The molecular formula is C11H7F11N+. The predicted molar refractivity (Wildman–Crippen MR) is 53.8 cm³/mol. The van der Waals surface area contributed by atoms with Crippen LogP contribution in [0.3, 0.4) is 0 Å². The highest BCUT2D eigenvalue weighted by Gasteiger charge is 2.87. The lowest BCUT2D eigenvalue weighted by molar-refractivity contribution is -0.425. The zero-order chi connectivity index (χ0) is 18.5. The maximum atomic E-state index is 13.6. The van der Waals surface area contributed by atoms with E-state index in [1.807, 2.05) is 0 Å². The molecule has 0 saturated carbocycles. The minimum Gasteiger partial charge on any atom is -0.325 e. The van der Waals surface area contributed by atoms with Gasteiger partial charge in [0.1, 0.15) is 5.69 Å². The van der Waals surface area contributed by atoms with Crippen LogP contribution in [-0.4, -0.2) is 23.9 Å². The lowest BCUT2D eigenvalue weighted by Crippen LogP contribution is -2.65. The lowest BCUT2D eigenvalue weighted by atomic mass is 9.92. The van der Waals surface area contributed by atoms with Crippen molar-refractivity contribution >= 4 is 5.69 Å². The van der Waals surface area contributed by atoms with Crippen LogP contribution in [0.1, 0.15) is 5.56 Å². The molecule has 0 heterocycles. The van der Waals surface area contributed by atoms with E-state index in [1.54, 1.807) is 0 Å². The molecule has 1 rings (SSSR count). The van der Waals surface area contributed by atoms with Gasteiger partial charge in [-0.15, -0.1) is 0 Å². The summed E-state index contributed by atoms with van der Waals surface area (Å²) in [6, 6.07) is 2.49. The Labute approximate surface area is 120 Å². The fourth-order valence-electron chi connectivity index (χ4n) is 1.57. The van der Waals surface area contributed by atoms with Gasteiger partial charge in [0.25, 0.3) is 0 Å². The summed E-state index contributed by atoms with van der Waals surface area (Å²) in [4.78, 5) is 0. The summed E-state index contributed by atoms with van der Waals surface area (Å²) >= 11 is 0. The lowest BCUT2D eigenvalue weighted by Gasteiger charge is -2.37. The molecule has 0 bridgehead atoms. The second kappa shape index (κ2) is 5.21. The van der Waals surface area contributed by atoms with Crippen molar-refractivity contribution in [3.05, 3.63) is 29.8 Å². The van der Waals surface area contributed by atoms with Crippen molar-refractivity contribution in [1.82, 2.24) is 0 Å². The topological polar surface area (TPSA) is 27.6 Å². The van der Waals surface area contributed by atoms with Crippen molar-refractivity contribution in [2.45, 2.75) is 29.9 Å². The van der Waals surface area contributed by atoms with Crippen LogP contribution in [0.25, 0.3) is 0 Å². The first-order chi connectivity index (χ1) is 10.0. The quantitative estimate of drug-likeness (QED) is 0.781. The SMILES string of the molecule is [NH3+]c1ccccc1C(F)(F)C(F)(F)C(F)(F)C(F)(F)C(F)(F)F. The van der Waals surface area contributed by atoms with E-state index in [2.05, 4.69) is 5.73 Å². The van der Waals surface area contributed by atoms with Crippen LogP contribution in [0.15, 0.2) is 24.3 Å². The molecular weight excluding hydrogens is 355 g/mol. The highest BCUT2D eigenvalue weighted by molar-refractivity contribution is 5.43. The molecule has 0 spiro atoms. The summed E-state index contributed by atoms with van der Waals surface area (Å²) in [5, 5.41) is 0. The molecule has 0 aromatic heterocycles. The number of hydrogen-bond donors (Lipinski definition) is 1. The van der Waals surface area contributed by atoms with Gasteiger partial charge in [-0.3, -0.25) is 0 Å². The van der Waals surface area contributed by atoms with Crippen LogP contribution in [0.2, 0.25) is 0 Å². The standard InChI is InChI=1S/C11H6F11N/c12-7(13,5-3-1-2-4-6(5)23)8(14,15)9(16,17)10(18,19)11(20,21)22/h1-4H,23H2/p+1. The molecule has 1 nitrogen and oxygen atoms in total. The highest BCUT2D eigenvalue weighted by atomic mass is 19.4. The summed E-state index contributed by atoms with van der Waals surface area (Å²) in [6.07, 6.45) is -7.17. The molecule has 0 amide bonds. The van der Waals surface area contributed by atoms with Crippen molar-refractivity contribution in [3.63, 3.8) is 0 Å². The van der Waals surface area contributed by atoms with E-state index >= 15 is 0 Å². The summed E-state index contributed by atoms with van der Waals surface area (Å²) in [5.74, 6) is -27.9. The third-order valence-corrected chi connectivity index (χ3v) is 2.89. The van der Waals surface area contributed by atoms with Gasteiger partial charge >= 0.3 is 29.9 Å². The Kier molecular flexibility index (Phi) is 4.41. The van der Waals surface area contributed by atoms with Gasteiger partial charge in [-0.05, 0) is 12.1 Å². The van der Waals surface area contributed by atoms with Crippen LogP contribution in [-0.2, 0) is 5.92 Å². The Morgan fingerprint density at radius 2 is 1.04 bits per heavy atom. The molecule has 0 radical (unpaired) electrons. The summed E-state index contributed by atoms with van der Waals surface area (Å²) < 4.78 is 141. The molecule has 23 heavy (non-hydrogen) atoms. The number of alkyl halides is 11. The minimum absolute atomic E-state index is 0.165. The third kappa shape index (κ3) is 2.62. The first kappa shape index (κ1) is 19.5. The molecule has 0 fully saturated rings. The number of quaternary nitrogens is 1. The molecule has 0 aliphatic rings. The molecule has 0 unspecified atom stereocenters. The van der Waals surface area contributed by atoms with E-state index in [1.165, 1.54) is 0 Å². The van der Waals surface area contributed by atoms with Crippen molar-refractivity contribution < 1.29 is 54.0 Å². The van der Waals surface area contributed by atoms with E-state index in [4.69, 9.17) is 0 Å². The maximum Gasteiger partial charge on any atom is 0.460 e. The molecule has 0 saturated heterocycles. The van der Waals surface area contributed by atoms with Gasteiger partial charge in [-0.2, -0.15) is 48.3 Å². The average molecular weight is 362 g/mol. The molecule has 0 atom stereocenters. The van der Waals surface area contributed by atoms with Gasteiger partial charge in [-0.1, -0.05) is 12.1 Å². The second-order valence-electron chi connectivity index (χ2n) is 4.45. The van der Waals surface area contributed by atoms with Gasteiger partial charge < -0.3 is 5.73 Å². The van der Waals surface area contributed by atoms with Crippen LogP contribution in [0.4, 0.5) is 54.0 Å². The van der Waals surface area contributed by atoms with Gasteiger partial charge in [-0.25, -0.2) is 0 Å².